The van der Waals surface area contributed by atoms with E-state index in [9.17, 15) is 12.9 Å². The summed E-state index contributed by atoms with van der Waals surface area (Å²) in [7, 11) is 0. The van der Waals surface area contributed by atoms with E-state index in [2.05, 4.69) is 0 Å². The average molecular weight is 160 g/mol. The van der Waals surface area contributed by atoms with Crippen LogP contribution in [0.15, 0.2) is 24.3 Å². The second-order valence-corrected chi connectivity index (χ2v) is 2.24. The number of nitrogen functional groups attached to an aromatic ring is 1. The number of benzene rings is 1. The molecule has 0 saturated carbocycles. The molecule has 0 aliphatic carbocycles. The first-order chi connectivity index (χ1) is 5.00. The Morgan fingerprint density at radius 2 is 1.82 bits per heavy atom. The van der Waals surface area contributed by atoms with Crippen molar-refractivity contribution in [3.63, 3.8) is 0 Å². The average Bonchev–Trinajstić information content (AvgIpc) is 1.86. The van der Waals surface area contributed by atoms with E-state index in [1.807, 2.05) is 0 Å². The third-order valence-corrected chi connectivity index (χ3v) is 1.29. The maximum atomic E-state index is 12.0. The first-order valence-corrected chi connectivity index (χ1v) is 3.05. The lowest BCUT2D eigenvalue weighted by Crippen LogP contribution is -2.33. The highest BCUT2D eigenvalue weighted by atomic mass is 19.4. The number of hydrogen-bond donors (Lipinski definition) is 1. The lowest BCUT2D eigenvalue weighted by atomic mass is 9.80. The summed E-state index contributed by atoms with van der Waals surface area (Å²) in [6.45, 7) is -4.90. The Bertz CT molecular complexity index is 258. The Morgan fingerprint density at radius 1 is 1.18 bits per heavy atom. The molecule has 0 unspecified atom stereocenters. The van der Waals surface area contributed by atoms with Crippen LogP contribution in [0.25, 0.3) is 0 Å². The molecular formula is C6H6BF3N-. The second kappa shape index (κ2) is 2.49. The molecule has 0 aliphatic rings. The van der Waals surface area contributed by atoms with Crippen LogP contribution in [0.5, 0.6) is 0 Å². The second-order valence-electron chi connectivity index (χ2n) is 2.24. The first kappa shape index (κ1) is 7.98. The molecule has 0 amide bonds. The van der Waals surface area contributed by atoms with Crippen LogP contribution < -0.4 is 11.2 Å². The summed E-state index contributed by atoms with van der Waals surface area (Å²) in [6.07, 6.45) is 0. The van der Waals surface area contributed by atoms with Gasteiger partial charge in [0.2, 0.25) is 0 Å². The molecule has 60 valence electrons. The molecular weight excluding hydrogens is 154 g/mol. The molecule has 0 aromatic heterocycles. The van der Waals surface area contributed by atoms with Crippen molar-refractivity contribution in [3.8, 4) is 0 Å². The van der Waals surface area contributed by atoms with E-state index in [4.69, 9.17) is 5.73 Å². The molecule has 0 saturated heterocycles. The standard InChI is InChI=1S/C6H6BF3N/c8-7(9,10)5-2-1-3-6(11)4-5/h1-4H,11H2/q-1. The van der Waals surface area contributed by atoms with E-state index < -0.39 is 12.4 Å². The lowest BCUT2D eigenvalue weighted by molar-refractivity contribution is 0.501. The molecule has 11 heavy (non-hydrogen) atoms. The van der Waals surface area contributed by atoms with Gasteiger partial charge in [-0.3, -0.25) is 0 Å². The topological polar surface area (TPSA) is 26.0 Å². The fourth-order valence-electron chi connectivity index (χ4n) is 0.763. The van der Waals surface area contributed by atoms with Crippen molar-refractivity contribution in [1.29, 1.82) is 0 Å². The van der Waals surface area contributed by atoms with Gasteiger partial charge in [-0.05, 0) is 6.07 Å². The van der Waals surface area contributed by atoms with Crippen molar-refractivity contribution in [2.75, 3.05) is 5.73 Å². The Morgan fingerprint density at radius 3 is 2.18 bits per heavy atom. The number of anilines is 1. The third-order valence-electron chi connectivity index (χ3n) is 1.29. The summed E-state index contributed by atoms with van der Waals surface area (Å²) >= 11 is 0. The smallest absolute Gasteiger partial charge is 0.445 e. The van der Waals surface area contributed by atoms with Crippen molar-refractivity contribution in [3.05, 3.63) is 24.3 Å². The highest BCUT2D eigenvalue weighted by Crippen LogP contribution is 2.10. The molecule has 1 rings (SSSR count). The SMILES string of the molecule is Nc1cccc([B-](F)(F)F)c1. The van der Waals surface area contributed by atoms with Crippen molar-refractivity contribution in [2.45, 2.75) is 0 Å². The zero-order valence-electron chi connectivity index (χ0n) is 5.60. The van der Waals surface area contributed by atoms with Crippen molar-refractivity contribution >= 4 is 18.1 Å². The number of hydrogen-bond acceptors (Lipinski definition) is 1. The van der Waals surface area contributed by atoms with Gasteiger partial charge in [0.25, 0.3) is 0 Å². The normalized spacial score (nSPS) is 11.5. The van der Waals surface area contributed by atoms with Gasteiger partial charge < -0.3 is 18.7 Å². The minimum Gasteiger partial charge on any atom is -0.445 e. The Kier molecular flexibility index (Phi) is 1.80. The van der Waals surface area contributed by atoms with E-state index in [-0.39, 0.29) is 5.69 Å². The van der Waals surface area contributed by atoms with Crippen molar-refractivity contribution in [2.24, 2.45) is 0 Å². The molecule has 1 aromatic carbocycles. The van der Waals surface area contributed by atoms with E-state index in [1.54, 1.807) is 0 Å². The summed E-state index contributed by atoms with van der Waals surface area (Å²) in [5.41, 5.74) is 4.66. The van der Waals surface area contributed by atoms with Crippen LogP contribution >= 0.6 is 0 Å². The minimum absolute atomic E-state index is 0.140. The Hall–Kier alpha value is -1.13. The molecule has 0 heterocycles. The zero-order chi connectivity index (χ0) is 8.48. The molecule has 0 radical (unpaired) electrons. The molecule has 1 nitrogen and oxygen atoms in total. The number of nitrogens with two attached hydrogens (primary N) is 1. The van der Waals surface area contributed by atoms with Crippen LogP contribution in [-0.2, 0) is 0 Å². The van der Waals surface area contributed by atoms with Crippen molar-refractivity contribution < 1.29 is 12.9 Å². The van der Waals surface area contributed by atoms with Gasteiger partial charge in [0.15, 0.2) is 0 Å². The summed E-state index contributed by atoms with van der Waals surface area (Å²) in [6, 6.07) is 4.65. The van der Waals surface area contributed by atoms with Gasteiger partial charge in [-0.1, -0.05) is 18.2 Å². The number of rotatable bonds is 1. The van der Waals surface area contributed by atoms with Gasteiger partial charge in [-0.25, -0.2) is 0 Å². The van der Waals surface area contributed by atoms with Crippen molar-refractivity contribution in [1.82, 2.24) is 0 Å². The van der Waals surface area contributed by atoms with E-state index in [0.717, 1.165) is 12.1 Å². The van der Waals surface area contributed by atoms with E-state index >= 15 is 0 Å². The van der Waals surface area contributed by atoms with Crippen LogP contribution in [0, 0.1) is 0 Å². The monoisotopic (exact) mass is 160 g/mol. The molecule has 0 atom stereocenters. The van der Waals surface area contributed by atoms with Crippen LogP contribution in [-0.4, -0.2) is 6.98 Å². The van der Waals surface area contributed by atoms with Gasteiger partial charge >= 0.3 is 6.98 Å². The predicted molar refractivity (Wildman–Crippen MR) is 39.6 cm³/mol. The number of halogens is 3. The molecule has 0 spiro atoms. The first-order valence-electron chi connectivity index (χ1n) is 3.05. The van der Waals surface area contributed by atoms with E-state index in [1.165, 1.54) is 12.1 Å². The molecule has 5 heteroatoms. The Labute approximate surface area is 62.1 Å². The van der Waals surface area contributed by atoms with Gasteiger partial charge in [-0.2, -0.15) is 0 Å². The quantitative estimate of drug-likeness (QED) is 0.486. The van der Waals surface area contributed by atoms with Crippen LogP contribution in [0.4, 0.5) is 18.6 Å². The maximum absolute atomic E-state index is 12.0. The molecule has 0 aliphatic heterocycles. The molecule has 0 fully saturated rings. The van der Waals surface area contributed by atoms with Crippen LogP contribution in [0.3, 0.4) is 0 Å². The summed E-state index contributed by atoms with van der Waals surface area (Å²) in [5.74, 6) is 0. The Balaban J connectivity index is 3.06. The predicted octanol–water partition coefficient (Wildman–Crippen LogP) is 1.32. The maximum Gasteiger partial charge on any atom is 0.509 e. The largest absolute Gasteiger partial charge is 0.509 e. The van der Waals surface area contributed by atoms with Gasteiger partial charge in [0, 0.05) is 5.69 Å². The van der Waals surface area contributed by atoms with Crippen LogP contribution in [0.2, 0.25) is 0 Å². The molecule has 2 N–H and O–H groups in total. The lowest BCUT2D eigenvalue weighted by Gasteiger charge is -2.14. The molecule has 0 bridgehead atoms. The van der Waals surface area contributed by atoms with Crippen LogP contribution in [0.1, 0.15) is 0 Å². The molecule has 1 aromatic rings. The summed E-state index contributed by atoms with van der Waals surface area (Å²) < 4.78 is 35.9. The van der Waals surface area contributed by atoms with Gasteiger partial charge in [0.1, 0.15) is 0 Å². The zero-order valence-corrected chi connectivity index (χ0v) is 5.60. The van der Waals surface area contributed by atoms with E-state index in [0.29, 0.717) is 0 Å². The fourth-order valence-corrected chi connectivity index (χ4v) is 0.763. The highest BCUT2D eigenvalue weighted by Gasteiger charge is 2.24. The minimum atomic E-state index is -4.90. The van der Waals surface area contributed by atoms with Gasteiger partial charge in [-0.15, -0.1) is 5.46 Å². The summed E-state index contributed by atoms with van der Waals surface area (Å²) in [4.78, 5) is 0. The third kappa shape index (κ3) is 1.90. The summed E-state index contributed by atoms with van der Waals surface area (Å²) in [5, 5.41) is 0. The fraction of sp³-hybridized carbons (Fsp3) is 0. The highest BCUT2D eigenvalue weighted by molar-refractivity contribution is 6.73. The van der Waals surface area contributed by atoms with Gasteiger partial charge in [0.05, 0.1) is 0 Å².